The first kappa shape index (κ1) is 7.09. The summed E-state index contributed by atoms with van der Waals surface area (Å²) in [4.78, 5) is 15.3. The monoisotopic (exact) mass is 163 g/mol. The Morgan fingerprint density at radius 2 is 2.42 bits per heavy atom. The first-order valence-electron chi connectivity index (χ1n) is 3.80. The molecule has 1 aliphatic rings. The van der Waals surface area contributed by atoms with Gasteiger partial charge in [0.05, 0.1) is 23.1 Å². The van der Waals surface area contributed by atoms with Crippen LogP contribution >= 0.6 is 0 Å². The molecule has 4 heteroatoms. The average Bonchev–Trinajstić information content (AvgIpc) is 2.07. The van der Waals surface area contributed by atoms with Gasteiger partial charge in [0.1, 0.15) is 0 Å². The van der Waals surface area contributed by atoms with Crippen molar-refractivity contribution in [2.45, 2.75) is 6.42 Å². The molecule has 12 heavy (non-hydrogen) atoms. The third-order valence-corrected chi connectivity index (χ3v) is 1.88. The Morgan fingerprint density at radius 3 is 3.25 bits per heavy atom. The van der Waals surface area contributed by atoms with Gasteiger partial charge in [-0.3, -0.25) is 9.78 Å². The number of nitrogen functional groups attached to an aromatic ring is 1. The molecule has 1 aromatic rings. The standard InChI is InChI=1S/C8H9N3O/c9-5-3-6-7(11-4-5)1-2-10-8(6)12/h3-4H,1-2,9H2,(H,10,12). The topological polar surface area (TPSA) is 68.0 Å². The van der Waals surface area contributed by atoms with Crippen molar-refractivity contribution in [3.8, 4) is 0 Å². The van der Waals surface area contributed by atoms with E-state index in [0.717, 1.165) is 12.1 Å². The second kappa shape index (κ2) is 2.48. The third kappa shape index (κ3) is 1.01. The van der Waals surface area contributed by atoms with E-state index in [1.54, 1.807) is 12.3 Å². The molecule has 0 saturated heterocycles. The molecular weight excluding hydrogens is 154 g/mol. The molecule has 0 radical (unpaired) electrons. The van der Waals surface area contributed by atoms with Crippen LogP contribution in [-0.2, 0) is 6.42 Å². The number of pyridine rings is 1. The van der Waals surface area contributed by atoms with E-state index in [-0.39, 0.29) is 5.91 Å². The fourth-order valence-corrected chi connectivity index (χ4v) is 1.29. The molecule has 0 atom stereocenters. The van der Waals surface area contributed by atoms with Crippen LogP contribution in [0.25, 0.3) is 0 Å². The van der Waals surface area contributed by atoms with Gasteiger partial charge in [-0.25, -0.2) is 0 Å². The number of nitrogens with two attached hydrogens (primary N) is 1. The lowest BCUT2D eigenvalue weighted by molar-refractivity contribution is 0.0945. The van der Waals surface area contributed by atoms with Crippen LogP contribution in [-0.4, -0.2) is 17.4 Å². The molecule has 4 nitrogen and oxygen atoms in total. The van der Waals surface area contributed by atoms with E-state index in [2.05, 4.69) is 10.3 Å². The zero-order valence-corrected chi connectivity index (χ0v) is 6.50. The molecule has 3 N–H and O–H groups in total. The van der Waals surface area contributed by atoms with Crippen molar-refractivity contribution in [3.63, 3.8) is 0 Å². The second-order valence-electron chi connectivity index (χ2n) is 2.77. The Morgan fingerprint density at radius 1 is 1.58 bits per heavy atom. The molecule has 0 bridgehead atoms. The summed E-state index contributed by atoms with van der Waals surface area (Å²) < 4.78 is 0. The number of anilines is 1. The summed E-state index contributed by atoms with van der Waals surface area (Å²) in [6, 6.07) is 1.66. The van der Waals surface area contributed by atoms with E-state index in [1.807, 2.05) is 0 Å². The summed E-state index contributed by atoms with van der Waals surface area (Å²) in [7, 11) is 0. The van der Waals surface area contributed by atoms with Crippen LogP contribution in [0.15, 0.2) is 12.3 Å². The van der Waals surface area contributed by atoms with Gasteiger partial charge in [-0.05, 0) is 6.07 Å². The highest BCUT2D eigenvalue weighted by Gasteiger charge is 2.17. The van der Waals surface area contributed by atoms with Crippen molar-refractivity contribution in [1.82, 2.24) is 10.3 Å². The largest absolute Gasteiger partial charge is 0.397 e. The molecule has 0 fully saturated rings. The number of aromatic nitrogens is 1. The normalized spacial score (nSPS) is 15.2. The molecule has 62 valence electrons. The molecule has 0 aromatic carbocycles. The van der Waals surface area contributed by atoms with Crippen LogP contribution in [0.3, 0.4) is 0 Å². The van der Waals surface area contributed by atoms with E-state index in [9.17, 15) is 4.79 Å². The van der Waals surface area contributed by atoms with Gasteiger partial charge in [-0.15, -0.1) is 0 Å². The lowest BCUT2D eigenvalue weighted by Gasteiger charge is -2.14. The van der Waals surface area contributed by atoms with Gasteiger partial charge < -0.3 is 11.1 Å². The first-order chi connectivity index (χ1) is 5.77. The molecule has 0 unspecified atom stereocenters. The van der Waals surface area contributed by atoms with Crippen LogP contribution in [0.2, 0.25) is 0 Å². The maximum Gasteiger partial charge on any atom is 0.253 e. The summed E-state index contributed by atoms with van der Waals surface area (Å²) in [6.07, 6.45) is 2.37. The van der Waals surface area contributed by atoms with Gasteiger partial charge in [0.2, 0.25) is 0 Å². The Hall–Kier alpha value is -1.58. The Balaban J connectivity index is 2.54. The fourth-order valence-electron chi connectivity index (χ4n) is 1.29. The number of carbonyl (C=O) groups is 1. The van der Waals surface area contributed by atoms with Crippen LogP contribution in [0.4, 0.5) is 5.69 Å². The smallest absolute Gasteiger partial charge is 0.253 e. The molecule has 0 saturated carbocycles. The summed E-state index contributed by atoms with van der Waals surface area (Å²) in [6.45, 7) is 0.669. The molecule has 0 spiro atoms. The SMILES string of the molecule is Nc1cnc2c(c1)C(=O)NCC2. The summed E-state index contributed by atoms with van der Waals surface area (Å²) >= 11 is 0. The van der Waals surface area contributed by atoms with Crippen LogP contribution in [0.1, 0.15) is 16.1 Å². The Labute approximate surface area is 69.8 Å². The average molecular weight is 163 g/mol. The van der Waals surface area contributed by atoms with Crippen molar-refractivity contribution in [2.75, 3.05) is 12.3 Å². The van der Waals surface area contributed by atoms with E-state index in [0.29, 0.717) is 17.8 Å². The molecule has 2 heterocycles. The van der Waals surface area contributed by atoms with Crippen molar-refractivity contribution >= 4 is 11.6 Å². The number of carbonyl (C=O) groups excluding carboxylic acids is 1. The Kier molecular flexibility index (Phi) is 1.46. The third-order valence-electron chi connectivity index (χ3n) is 1.88. The molecule has 2 rings (SSSR count). The highest BCUT2D eigenvalue weighted by Crippen LogP contribution is 2.13. The number of rotatable bonds is 0. The minimum Gasteiger partial charge on any atom is -0.397 e. The van der Waals surface area contributed by atoms with Gasteiger partial charge in [0, 0.05) is 13.0 Å². The van der Waals surface area contributed by atoms with Crippen molar-refractivity contribution in [2.24, 2.45) is 0 Å². The van der Waals surface area contributed by atoms with Crippen molar-refractivity contribution < 1.29 is 4.79 Å². The summed E-state index contributed by atoms with van der Waals surface area (Å²) in [5.74, 6) is -0.0731. The molecule has 1 aliphatic heterocycles. The fraction of sp³-hybridized carbons (Fsp3) is 0.250. The quantitative estimate of drug-likeness (QED) is 0.563. The van der Waals surface area contributed by atoms with Crippen LogP contribution < -0.4 is 11.1 Å². The first-order valence-corrected chi connectivity index (χ1v) is 3.80. The van der Waals surface area contributed by atoms with Gasteiger partial charge in [-0.1, -0.05) is 0 Å². The van der Waals surface area contributed by atoms with Crippen LogP contribution in [0, 0.1) is 0 Å². The number of amides is 1. The predicted octanol–water partition coefficient (Wildman–Crippen LogP) is -0.0503. The summed E-state index contributed by atoms with van der Waals surface area (Å²) in [5, 5.41) is 2.73. The minimum absolute atomic E-state index is 0.0731. The number of hydrogen-bond donors (Lipinski definition) is 2. The molecule has 0 aliphatic carbocycles. The number of nitrogens with zero attached hydrogens (tertiary/aromatic N) is 1. The zero-order chi connectivity index (χ0) is 8.55. The minimum atomic E-state index is -0.0731. The molecule has 1 aromatic heterocycles. The van der Waals surface area contributed by atoms with Gasteiger partial charge in [0.15, 0.2) is 0 Å². The van der Waals surface area contributed by atoms with Crippen molar-refractivity contribution in [3.05, 3.63) is 23.5 Å². The Bertz CT molecular complexity index is 335. The van der Waals surface area contributed by atoms with Gasteiger partial charge in [-0.2, -0.15) is 0 Å². The van der Waals surface area contributed by atoms with E-state index >= 15 is 0 Å². The van der Waals surface area contributed by atoms with Crippen molar-refractivity contribution in [1.29, 1.82) is 0 Å². The molecular formula is C8H9N3O. The highest BCUT2D eigenvalue weighted by atomic mass is 16.1. The maximum atomic E-state index is 11.2. The molecule has 1 amide bonds. The number of hydrogen-bond acceptors (Lipinski definition) is 3. The maximum absolute atomic E-state index is 11.2. The second-order valence-corrected chi connectivity index (χ2v) is 2.77. The zero-order valence-electron chi connectivity index (χ0n) is 6.50. The van der Waals surface area contributed by atoms with E-state index in [4.69, 9.17) is 5.73 Å². The van der Waals surface area contributed by atoms with E-state index < -0.39 is 0 Å². The lowest BCUT2D eigenvalue weighted by atomic mass is 10.1. The number of fused-ring (bicyclic) bond motifs is 1. The van der Waals surface area contributed by atoms with Gasteiger partial charge in [0.25, 0.3) is 5.91 Å². The highest BCUT2D eigenvalue weighted by molar-refractivity contribution is 5.96. The lowest BCUT2D eigenvalue weighted by Crippen LogP contribution is -2.32. The van der Waals surface area contributed by atoms with Gasteiger partial charge >= 0.3 is 0 Å². The number of nitrogens with one attached hydrogen (secondary N) is 1. The van der Waals surface area contributed by atoms with Crippen LogP contribution in [0.5, 0.6) is 0 Å². The van der Waals surface area contributed by atoms with E-state index in [1.165, 1.54) is 0 Å². The predicted molar refractivity (Wildman–Crippen MR) is 44.7 cm³/mol. The summed E-state index contributed by atoms with van der Waals surface area (Å²) in [5.41, 5.74) is 7.49.